The van der Waals surface area contributed by atoms with Crippen molar-refractivity contribution >= 4 is 23.3 Å². The predicted octanol–water partition coefficient (Wildman–Crippen LogP) is 4.93. The Kier molecular flexibility index (Phi) is 8.36. The summed E-state index contributed by atoms with van der Waals surface area (Å²) in [5.41, 5.74) is 3.90. The summed E-state index contributed by atoms with van der Waals surface area (Å²) in [6, 6.07) is 21.7. The van der Waals surface area contributed by atoms with Crippen LogP contribution in [0.4, 0.5) is 5.69 Å². The van der Waals surface area contributed by atoms with E-state index in [0.717, 1.165) is 11.1 Å². The number of amides is 2. The van der Waals surface area contributed by atoms with E-state index in [1.165, 1.54) is 6.92 Å². The first-order valence-corrected chi connectivity index (χ1v) is 10.9. The fourth-order valence-electron chi connectivity index (χ4n) is 3.16. The average Bonchev–Trinajstić information content (AvgIpc) is 2.81. The molecule has 6 heteroatoms. The molecule has 0 unspecified atom stereocenters. The molecule has 33 heavy (non-hydrogen) atoms. The zero-order valence-corrected chi connectivity index (χ0v) is 18.9. The van der Waals surface area contributed by atoms with Crippen LogP contribution in [0.15, 0.2) is 72.8 Å². The maximum absolute atomic E-state index is 12.4. The molecule has 0 fully saturated rings. The van der Waals surface area contributed by atoms with E-state index in [-0.39, 0.29) is 17.6 Å². The van der Waals surface area contributed by atoms with Gasteiger partial charge in [-0.15, -0.1) is 0 Å². The van der Waals surface area contributed by atoms with E-state index in [0.29, 0.717) is 48.6 Å². The molecular formula is C27H28N2O4. The Morgan fingerprint density at radius 1 is 0.879 bits per heavy atom. The van der Waals surface area contributed by atoms with Crippen molar-refractivity contribution in [3.05, 3.63) is 95.1 Å². The van der Waals surface area contributed by atoms with Crippen LogP contribution in [0, 0.1) is 6.92 Å². The highest BCUT2D eigenvalue weighted by atomic mass is 16.5. The molecular weight excluding hydrogens is 416 g/mol. The fraction of sp³-hybridized carbons (Fsp3) is 0.222. The Morgan fingerprint density at radius 2 is 1.58 bits per heavy atom. The molecule has 0 aromatic heterocycles. The highest BCUT2D eigenvalue weighted by molar-refractivity contribution is 6.04. The van der Waals surface area contributed by atoms with Crippen molar-refractivity contribution in [2.75, 3.05) is 11.9 Å². The molecule has 170 valence electrons. The van der Waals surface area contributed by atoms with E-state index >= 15 is 0 Å². The molecule has 2 amide bonds. The van der Waals surface area contributed by atoms with Gasteiger partial charge < -0.3 is 15.4 Å². The normalized spacial score (nSPS) is 10.4. The molecule has 0 saturated heterocycles. The van der Waals surface area contributed by atoms with Crippen molar-refractivity contribution in [1.29, 1.82) is 0 Å². The van der Waals surface area contributed by atoms with Crippen LogP contribution in [0.2, 0.25) is 0 Å². The lowest BCUT2D eigenvalue weighted by Crippen LogP contribution is -2.23. The molecule has 0 aliphatic rings. The van der Waals surface area contributed by atoms with Crippen LogP contribution in [0.5, 0.6) is 5.75 Å². The Hall–Kier alpha value is -3.93. The molecule has 3 aromatic carbocycles. The SMILES string of the molecule is CC(=O)c1ccc(OCCCC(=O)NCc2cccc(NC(=O)c3ccc(C)cc3)c2)cc1. The third-order valence-corrected chi connectivity index (χ3v) is 5.07. The lowest BCUT2D eigenvalue weighted by molar-refractivity contribution is -0.121. The minimum Gasteiger partial charge on any atom is -0.494 e. The third kappa shape index (κ3) is 7.61. The third-order valence-electron chi connectivity index (χ3n) is 5.07. The largest absolute Gasteiger partial charge is 0.494 e. The number of aryl methyl sites for hydroxylation is 1. The number of benzene rings is 3. The van der Waals surface area contributed by atoms with Crippen LogP contribution < -0.4 is 15.4 Å². The maximum atomic E-state index is 12.4. The first-order chi connectivity index (χ1) is 15.9. The van der Waals surface area contributed by atoms with Gasteiger partial charge in [0.1, 0.15) is 5.75 Å². The number of Topliss-reactive ketones (excluding diaryl/α,β-unsaturated/α-hetero) is 1. The van der Waals surface area contributed by atoms with Crippen molar-refractivity contribution in [2.24, 2.45) is 0 Å². The van der Waals surface area contributed by atoms with Gasteiger partial charge in [0.15, 0.2) is 5.78 Å². The number of nitrogens with one attached hydrogen (secondary N) is 2. The maximum Gasteiger partial charge on any atom is 0.255 e. The van der Waals surface area contributed by atoms with E-state index in [2.05, 4.69) is 10.6 Å². The van der Waals surface area contributed by atoms with Crippen LogP contribution in [-0.2, 0) is 11.3 Å². The number of carbonyl (C=O) groups is 3. The Labute approximate surface area is 194 Å². The molecule has 3 aromatic rings. The summed E-state index contributed by atoms with van der Waals surface area (Å²) in [6.07, 6.45) is 0.919. The molecule has 0 radical (unpaired) electrons. The second kappa shape index (κ2) is 11.6. The van der Waals surface area contributed by atoms with Crippen molar-refractivity contribution < 1.29 is 19.1 Å². The number of ketones is 1. The Bertz CT molecular complexity index is 1110. The topological polar surface area (TPSA) is 84.5 Å². The standard InChI is InChI=1S/C27H28N2O4/c1-19-8-10-23(11-9-19)27(32)29-24-6-3-5-21(17-24)18-28-26(31)7-4-16-33-25-14-12-22(13-15-25)20(2)30/h3,5-6,8-15,17H,4,7,16,18H2,1-2H3,(H,28,31)(H,29,32). The van der Waals surface area contributed by atoms with E-state index in [9.17, 15) is 14.4 Å². The molecule has 0 saturated carbocycles. The number of rotatable bonds is 10. The first-order valence-electron chi connectivity index (χ1n) is 10.9. The van der Waals surface area contributed by atoms with Crippen molar-refractivity contribution in [3.63, 3.8) is 0 Å². The second-order valence-electron chi connectivity index (χ2n) is 7.83. The molecule has 0 aliphatic heterocycles. The van der Waals surface area contributed by atoms with Crippen molar-refractivity contribution in [1.82, 2.24) is 5.32 Å². The van der Waals surface area contributed by atoms with Gasteiger partial charge in [-0.1, -0.05) is 29.8 Å². The monoisotopic (exact) mass is 444 g/mol. The van der Waals surface area contributed by atoms with Gasteiger partial charge in [-0.25, -0.2) is 0 Å². The number of anilines is 1. The average molecular weight is 445 g/mol. The molecule has 0 heterocycles. The number of ether oxygens (including phenoxy) is 1. The highest BCUT2D eigenvalue weighted by Crippen LogP contribution is 2.14. The number of hydrogen-bond donors (Lipinski definition) is 2. The summed E-state index contributed by atoms with van der Waals surface area (Å²) >= 11 is 0. The predicted molar refractivity (Wildman–Crippen MR) is 129 cm³/mol. The van der Waals surface area contributed by atoms with Crippen molar-refractivity contribution in [3.8, 4) is 5.75 Å². The Balaban J connectivity index is 1.39. The molecule has 0 aliphatic carbocycles. The summed E-state index contributed by atoms with van der Waals surface area (Å²) in [4.78, 5) is 35.8. The van der Waals surface area contributed by atoms with Crippen LogP contribution in [-0.4, -0.2) is 24.2 Å². The summed E-state index contributed by atoms with van der Waals surface area (Å²) in [7, 11) is 0. The zero-order valence-electron chi connectivity index (χ0n) is 18.9. The summed E-state index contributed by atoms with van der Waals surface area (Å²) < 4.78 is 5.62. The molecule has 6 nitrogen and oxygen atoms in total. The van der Waals surface area contributed by atoms with Crippen LogP contribution >= 0.6 is 0 Å². The van der Waals surface area contributed by atoms with Gasteiger partial charge in [0.05, 0.1) is 6.61 Å². The van der Waals surface area contributed by atoms with Gasteiger partial charge >= 0.3 is 0 Å². The minimum absolute atomic E-state index is 0.0115. The molecule has 3 rings (SSSR count). The smallest absolute Gasteiger partial charge is 0.255 e. The van der Waals surface area contributed by atoms with Crippen molar-refractivity contribution in [2.45, 2.75) is 33.2 Å². The summed E-state index contributed by atoms with van der Waals surface area (Å²) in [6.45, 7) is 4.28. The van der Waals surface area contributed by atoms with Gasteiger partial charge in [-0.05, 0) is 74.4 Å². The van der Waals surface area contributed by atoms with Gasteiger partial charge in [-0.2, -0.15) is 0 Å². The van der Waals surface area contributed by atoms with Crippen LogP contribution in [0.1, 0.15) is 51.6 Å². The molecule has 0 atom stereocenters. The highest BCUT2D eigenvalue weighted by Gasteiger charge is 2.07. The first kappa shape index (κ1) is 23.7. The van der Waals surface area contributed by atoms with Gasteiger partial charge in [-0.3, -0.25) is 14.4 Å². The molecule has 2 N–H and O–H groups in total. The van der Waals surface area contributed by atoms with E-state index in [1.54, 1.807) is 36.4 Å². The quantitative estimate of drug-likeness (QED) is 0.343. The fourth-order valence-corrected chi connectivity index (χ4v) is 3.16. The van der Waals surface area contributed by atoms with Gasteiger partial charge in [0.2, 0.25) is 5.91 Å². The van der Waals surface area contributed by atoms with Crippen LogP contribution in [0.3, 0.4) is 0 Å². The summed E-state index contributed by atoms with van der Waals surface area (Å²) in [5, 5.41) is 5.78. The summed E-state index contributed by atoms with van der Waals surface area (Å²) in [5.74, 6) is 0.439. The van der Waals surface area contributed by atoms with E-state index < -0.39 is 0 Å². The lowest BCUT2D eigenvalue weighted by Gasteiger charge is -2.10. The number of hydrogen-bond acceptors (Lipinski definition) is 4. The number of carbonyl (C=O) groups excluding carboxylic acids is 3. The van der Waals surface area contributed by atoms with Gasteiger partial charge in [0.25, 0.3) is 5.91 Å². The van der Waals surface area contributed by atoms with E-state index in [4.69, 9.17) is 4.74 Å². The molecule has 0 bridgehead atoms. The van der Waals surface area contributed by atoms with Gasteiger partial charge in [0, 0.05) is 29.8 Å². The lowest BCUT2D eigenvalue weighted by atomic mass is 10.1. The minimum atomic E-state index is -0.174. The van der Waals surface area contributed by atoms with E-state index in [1.807, 2.05) is 43.3 Å². The zero-order chi connectivity index (χ0) is 23.6. The second-order valence-corrected chi connectivity index (χ2v) is 7.83. The molecule has 0 spiro atoms. The Morgan fingerprint density at radius 3 is 2.27 bits per heavy atom. The van der Waals surface area contributed by atoms with Crippen LogP contribution in [0.25, 0.3) is 0 Å².